The molecule has 0 unspecified atom stereocenters. The molecule has 0 bridgehead atoms. The Bertz CT molecular complexity index is 754. The van der Waals surface area contributed by atoms with Crippen LogP contribution in [0, 0.1) is 23.0 Å². The largest absolute Gasteiger partial charge is 0.481 e. The summed E-state index contributed by atoms with van der Waals surface area (Å²) in [4.78, 5) is 38.7. The molecule has 1 aromatic carbocycles. The highest BCUT2D eigenvalue weighted by molar-refractivity contribution is 6.00. The molecular formula is C17H18F2N2O4. The number of halogens is 2. The smallest absolute Gasteiger partial charge is 0.311 e. The summed E-state index contributed by atoms with van der Waals surface area (Å²) >= 11 is 0. The lowest BCUT2D eigenvalue weighted by Gasteiger charge is -2.23. The second-order valence-electron chi connectivity index (χ2n) is 6.88. The number of amides is 2. The number of carboxylic acid groups (broad SMARTS) is 1. The number of carboxylic acids is 1. The van der Waals surface area contributed by atoms with E-state index in [1.807, 2.05) is 0 Å². The van der Waals surface area contributed by atoms with Gasteiger partial charge in [0.2, 0.25) is 11.8 Å². The van der Waals surface area contributed by atoms with E-state index in [1.165, 1.54) is 11.0 Å². The summed E-state index contributed by atoms with van der Waals surface area (Å²) in [5.41, 5.74) is -1.04. The van der Waals surface area contributed by atoms with E-state index in [0.29, 0.717) is 19.0 Å². The van der Waals surface area contributed by atoms with E-state index in [9.17, 15) is 28.3 Å². The van der Waals surface area contributed by atoms with Crippen molar-refractivity contribution in [3.8, 4) is 0 Å². The topological polar surface area (TPSA) is 77.9 Å². The van der Waals surface area contributed by atoms with Gasteiger partial charge in [0.1, 0.15) is 11.6 Å². The molecule has 0 saturated carbocycles. The van der Waals surface area contributed by atoms with E-state index < -0.39 is 34.8 Å². The molecule has 8 heteroatoms. The lowest BCUT2D eigenvalue weighted by molar-refractivity contribution is -0.147. The van der Waals surface area contributed by atoms with E-state index in [-0.39, 0.29) is 31.1 Å². The number of hydrogen-bond donors (Lipinski definition) is 1. The zero-order valence-electron chi connectivity index (χ0n) is 13.7. The summed E-state index contributed by atoms with van der Waals surface area (Å²) in [5.74, 6) is -3.94. The monoisotopic (exact) mass is 352 g/mol. The number of rotatable bonds is 3. The van der Waals surface area contributed by atoms with Crippen molar-refractivity contribution in [3.63, 3.8) is 0 Å². The Kier molecular flexibility index (Phi) is 4.22. The van der Waals surface area contributed by atoms with Gasteiger partial charge >= 0.3 is 5.97 Å². The Hall–Kier alpha value is -2.51. The zero-order chi connectivity index (χ0) is 18.4. The van der Waals surface area contributed by atoms with Crippen molar-refractivity contribution in [1.82, 2.24) is 4.90 Å². The molecule has 2 saturated heterocycles. The number of aliphatic carboxylic acids is 1. The molecule has 134 valence electrons. The maximum Gasteiger partial charge on any atom is 0.311 e. The third-order valence-corrected chi connectivity index (χ3v) is 4.98. The molecule has 1 aromatic rings. The highest BCUT2D eigenvalue weighted by Gasteiger charge is 2.45. The zero-order valence-corrected chi connectivity index (χ0v) is 13.7. The summed E-state index contributed by atoms with van der Waals surface area (Å²) in [6.07, 6.45) is 0.279. The number of nitrogens with zero attached hydrogens (tertiary/aromatic N) is 2. The van der Waals surface area contributed by atoms with Crippen LogP contribution in [0.25, 0.3) is 0 Å². The maximum atomic E-state index is 13.9. The minimum atomic E-state index is -0.985. The van der Waals surface area contributed by atoms with Gasteiger partial charge in [0, 0.05) is 32.1 Å². The number of carbonyl (C=O) groups is 3. The van der Waals surface area contributed by atoms with Gasteiger partial charge in [-0.25, -0.2) is 8.78 Å². The Labute approximate surface area is 143 Å². The molecule has 0 spiro atoms. The second kappa shape index (κ2) is 6.09. The fourth-order valence-corrected chi connectivity index (χ4v) is 3.39. The van der Waals surface area contributed by atoms with Gasteiger partial charge in [-0.05, 0) is 25.5 Å². The lowest BCUT2D eigenvalue weighted by Crippen LogP contribution is -2.39. The van der Waals surface area contributed by atoms with Gasteiger partial charge in [0.25, 0.3) is 0 Å². The third-order valence-electron chi connectivity index (χ3n) is 4.98. The Balaban J connectivity index is 1.72. The van der Waals surface area contributed by atoms with Gasteiger partial charge in [0.05, 0.1) is 17.0 Å². The summed E-state index contributed by atoms with van der Waals surface area (Å²) in [7, 11) is 0. The molecule has 3 rings (SSSR count). The lowest BCUT2D eigenvalue weighted by atomic mass is 9.90. The van der Waals surface area contributed by atoms with Crippen LogP contribution in [-0.4, -0.2) is 47.4 Å². The molecule has 2 aliphatic heterocycles. The van der Waals surface area contributed by atoms with Crippen LogP contribution in [0.4, 0.5) is 14.5 Å². The standard InChI is InChI=1S/C17H18F2N2O4/c1-17(16(24)25)4-5-20(9-17)15(23)10-6-14(22)21(8-10)13-3-2-11(18)7-12(13)19/h2-3,7,10H,4-6,8-9H2,1H3,(H,24,25)/t10-,17-/m1/s1. The number of likely N-dealkylation sites (tertiary alicyclic amines) is 1. The molecule has 6 nitrogen and oxygen atoms in total. The molecular weight excluding hydrogens is 334 g/mol. The molecule has 1 N–H and O–H groups in total. The predicted octanol–water partition coefficient (Wildman–Crippen LogP) is 1.64. The minimum absolute atomic E-state index is 0.000501. The van der Waals surface area contributed by atoms with Crippen molar-refractivity contribution in [2.24, 2.45) is 11.3 Å². The SMILES string of the molecule is C[C@@]1(C(=O)O)CCN(C(=O)[C@@H]2CC(=O)N(c3ccc(F)cc3F)C2)C1. The molecule has 2 aliphatic rings. The molecule has 0 aliphatic carbocycles. The molecule has 2 amide bonds. The summed E-state index contributed by atoms with van der Waals surface area (Å²) < 4.78 is 26.9. The van der Waals surface area contributed by atoms with Crippen LogP contribution in [-0.2, 0) is 14.4 Å². The van der Waals surface area contributed by atoms with Crippen LogP contribution < -0.4 is 4.90 Å². The van der Waals surface area contributed by atoms with Crippen LogP contribution >= 0.6 is 0 Å². The first-order valence-electron chi connectivity index (χ1n) is 7.99. The van der Waals surface area contributed by atoms with E-state index in [2.05, 4.69) is 0 Å². The number of hydrogen-bond acceptors (Lipinski definition) is 3. The Morgan fingerprint density at radius 2 is 2.04 bits per heavy atom. The first kappa shape index (κ1) is 17.3. The van der Waals surface area contributed by atoms with Crippen molar-refractivity contribution in [1.29, 1.82) is 0 Å². The normalized spacial score (nSPS) is 26.4. The van der Waals surface area contributed by atoms with Crippen molar-refractivity contribution in [3.05, 3.63) is 29.8 Å². The van der Waals surface area contributed by atoms with Crippen LogP contribution in [0.15, 0.2) is 18.2 Å². The van der Waals surface area contributed by atoms with E-state index in [4.69, 9.17) is 0 Å². The van der Waals surface area contributed by atoms with Crippen molar-refractivity contribution >= 4 is 23.5 Å². The third kappa shape index (κ3) is 3.08. The molecule has 2 heterocycles. The van der Waals surface area contributed by atoms with E-state index in [1.54, 1.807) is 6.92 Å². The van der Waals surface area contributed by atoms with Gasteiger partial charge in [-0.3, -0.25) is 14.4 Å². The van der Waals surface area contributed by atoms with Gasteiger partial charge in [-0.15, -0.1) is 0 Å². The van der Waals surface area contributed by atoms with E-state index >= 15 is 0 Å². The van der Waals surface area contributed by atoms with Crippen LogP contribution in [0.5, 0.6) is 0 Å². The second-order valence-corrected chi connectivity index (χ2v) is 6.88. The van der Waals surface area contributed by atoms with Gasteiger partial charge in [-0.2, -0.15) is 0 Å². The highest BCUT2D eigenvalue weighted by Crippen LogP contribution is 2.34. The quantitative estimate of drug-likeness (QED) is 0.897. The summed E-state index contributed by atoms with van der Waals surface area (Å²) in [6, 6.07) is 2.92. The van der Waals surface area contributed by atoms with Crippen molar-refractivity contribution in [2.75, 3.05) is 24.5 Å². The fourth-order valence-electron chi connectivity index (χ4n) is 3.39. The molecule has 2 fully saturated rings. The molecule has 0 radical (unpaired) electrons. The average Bonchev–Trinajstić information content (AvgIpc) is 3.11. The number of anilines is 1. The minimum Gasteiger partial charge on any atom is -0.481 e. The first-order chi connectivity index (χ1) is 11.7. The van der Waals surface area contributed by atoms with Gasteiger partial charge in [-0.1, -0.05) is 0 Å². The number of carbonyl (C=O) groups excluding carboxylic acids is 2. The van der Waals surface area contributed by atoms with E-state index in [0.717, 1.165) is 11.0 Å². The molecule has 0 aromatic heterocycles. The van der Waals surface area contributed by atoms with Crippen molar-refractivity contribution in [2.45, 2.75) is 19.8 Å². The predicted molar refractivity (Wildman–Crippen MR) is 83.8 cm³/mol. The first-order valence-corrected chi connectivity index (χ1v) is 7.99. The van der Waals surface area contributed by atoms with Crippen LogP contribution in [0.1, 0.15) is 19.8 Å². The summed E-state index contributed by atoms with van der Waals surface area (Å²) in [5, 5.41) is 9.25. The Morgan fingerprint density at radius 3 is 2.64 bits per heavy atom. The van der Waals surface area contributed by atoms with Crippen LogP contribution in [0.3, 0.4) is 0 Å². The highest BCUT2D eigenvalue weighted by atomic mass is 19.1. The molecule has 25 heavy (non-hydrogen) atoms. The molecule has 2 atom stereocenters. The van der Waals surface area contributed by atoms with Crippen LogP contribution in [0.2, 0.25) is 0 Å². The van der Waals surface area contributed by atoms with Gasteiger partial charge in [0.15, 0.2) is 0 Å². The number of benzene rings is 1. The van der Waals surface area contributed by atoms with Gasteiger partial charge < -0.3 is 14.9 Å². The Morgan fingerprint density at radius 1 is 1.32 bits per heavy atom. The average molecular weight is 352 g/mol. The summed E-state index contributed by atoms with van der Waals surface area (Å²) in [6.45, 7) is 2.00. The fraction of sp³-hybridized carbons (Fsp3) is 0.471. The maximum absolute atomic E-state index is 13.9. The van der Waals surface area contributed by atoms with Crippen molar-refractivity contribution < 1.29 is 28.3 Å².